The molecule has 0 spiro atoms. The Morgan fingerprint density at radius 2 is 2.08 bits per heavy atom. The van der Waals surface area contributed by atoms with Gasteiger partial charge in [0.2, 0.25) is 0 Å². The third-order valence-electron chi connectivity index (χ3n) is 1.96. The Balaban J connectivity index is 2.26. The molecule has 2 rings (SSSR count). The van der Waals surface area contributed by atoms with Gasteiger partial charge in [0.1, 0.15) is 0 Å². The number of rotatable bonds is 1. The number of aliphatic imine (C=N–C) groups is 1. The normalized spacial score (nSPS) is 21.6. The van der Waals surface area contributed by atoms with Crippen molar-refractivity contribution in [3.05, 3.63) is 29.8 Å². The highest BCUT2D eigenvalue weighted by Gasteiger charge is 2.14. The molecule has 1 aliphatic rings. The van der Waals surface area contributed by atoms with E-state index in [1.165, 1.54) is 5.56 Å². The van der Waals surface area contributed by atoms with E-state index < -0.39 is 0 Å². The molecule has 2 N–H and O–H groups in total. The summed E-state index contributed by atoms with van der Waals surface area (Å²) in [6, 6.07) is 8.35. The minimum absolute atomic E-state index is 0.456. The van der Waals surface area contributed by atoms with Gasteiger partial charge in [-0.3, -0.25) is 4.99 Å². The molecule has 3 heteroatoms. The Morgan fingerprint density at radius 1 is 1.38 bits per heavy atom. The number of nitrogens with two attached hydrogens (primary N) is 1. The molecule has 2 nitrogen and oxygen atoms in total. The van der Waals surface area contributed by atoms with E-state index in [1.54, 1.807) is 0 Å². The van der Waals surface area contributed by atoms with Gasteiger partial charge in [-0.15, -0.1) is 11.8 Å². The smallest absolute Gasteiger partial charge is 0.0981 e. The van der Waals surface area contributed by atoms with Gasteiger partial charge in [0.15, 0.2) is 0 Å². The van der Waals surface area contributed by atoms with Crippen molar-refractivity contribution in [3.63, 3.8) is 0 Å². The van der Waals surface area contributed by atoms with E-state index in [2.05, 4.69) is 11.9 Å². The second-order valence-corrected chi connectivity index (χ2v) is 4.22. The van der Waals surface area contributed by atoms with Crippen molar-refractivity contribution < 1.29 is 0 Å². The summed E-state index contributed by atoms with van der Waals surface area (Å²) in [6.07, 6.45) is 0. The molecule has 0 aromatic heterocycles. The second kappa shape index (κ2) is 3.42. The van der Waals surface area contributed by atoms with Gasteiger partial charge >= 0.3 is 0 Å². The van der Waals surface area contributed by atoms with Crippen molar-refractivity contribution in [2.45, 2.75) is 13.0 Å². The molecule has 0 aliphatic carbocycles. The lowest BCUT2D eigenvalue weighted by Crippen LogP contribution is -1.93. The Bertz CT molecular complexity index is 329. The lowest BCUT2D eigenvalue weighted by Gasteiger charge is -1.99. The summed E-state index contributed by atoms with van der Waals surface area (Å²) in [5.41, 5.74) is 7.60. The molecule has 0 saturated carbocycles. The monoisotopic (exact) mass is 192 g/mol. The van der Waals surface area contributed by atoms with Gasteiger partial charge in [-0.25, -0.2) is 0 Å². The van der Waals surface area contributed by atoms with Crippen LogP contribution >= 0.6 is 11.8 Å². The molecule has 1 aromatic rings. The summed E-state index contributed by atoms with van der Waals surface area (Å²) in [4.78, 5) is 4.53. The minimum atomic E-state index is 0.456. The van der Waals surface area contributed by atoms with Crippen LogP contribution in [0.3, 0.4) is 0 Å². The SMILES string of the molecule is CC1CSC(c2ccc(N)cc2)=N1. The summed E-state index contributed by atoms with van der Waals surface area (Å²) in [6.45, 7) is 2.14. The van der Waals surface area contributed by atoms with E-state index in [-0.39, 0.29) is 0 Å². The molecular weight excluding hydrogens is 180 g/mol. The fraction of sp³-hybridized carbons (Fsp3) is 0.300. The maximum atomic E-state index is 5.61. The summed E-state index contributed by atoms with van der Waals surface area (Å²) in [7, 11) is 0. The summed E-state index contributed by atoms with van der Waals surface area (Å²) < 4.78 is 0. The summed E-state index contributed by atoms with van der Waals surface area (Å²) >= 11 is 1.82. The zero-order chi connectivity index (χ0) is 9.26. The molecule has 1 aliphatic heterocycles. The third kappa shape index (κ3) is 1.86. The number of anilines is 1. The minimum Gasteiger partial charge on any atom is -0.399 e. The number of nitrogen functional groups attached to an aromatic ring is 1. The van der Waals surface area contributed by atoms with Crippen molar-refractivity contribution in [1.82, 2.24) is 0 Å². The molecule has 13 heavy (non-hydrogen) atoms. The van der Waals surface area contributed by atoms with Crippen molar-refractivity contribution in [1.29, 1.82) is 0 Å². The average molecular weight is 192 g/mol. The molecule has 1 atom stereocenters. The first kappa shape index (κ1) is 8.63. The molecule has 68 valence electrons. The molecule has 1 unspecified atom stereocenters. The standard InChI is InChI=1S/C10H12N2S/c1-7-6-13-10(12-7)8-2-4-9(11)5-3-8/h2-5,7H,6,11H2,1H3. The average Bonchev–Trinajstić information content (AvgIpc) is 2.53. The van der Waals surface area contributed by atoms with Gasteiger partial charge < -0.3 is 5.73 Å². The first-order valence-electron chi connectivity index (χ1n) is 4.32. The van der Waals surface area contributed by atoms with Gasteiger partial charge in [0.05, 0.1) is 11.1 Å². The predicted molar refractivity (Wildman–Crippen MR) is 59.3 cm³/mol. The van der Waals surface area contributed by atoms with Crippen LogP contribution in [0.25, 0.3) is 0 Å². The van der Waals surface area contributed by atoms with Gasteiger partial charge in [0, 0.05) is 17.0 Å². The first-order valence-corrected chi connectivity index (χ1v) is 5.31. The quantitative estimate of drug-likeness (QED) is 0.692. The maximum Gasteiger partial charge on any atom is 0.0981 e. The lowest BCUT2D eigenvalue weighted by atomic mass is 10.2. The van der Waals surface area contributed by atoms with Crippen LogP contribution in [-0.4, -0.2) is 16.8 Å². The van der Waals surface area contributed by atoms with E-state index in [4.69, 9.17) is 5.73 Å². The molecular formula is C10H12N2S. The highest BCUT2D eigenvalue weighted by molar-refractivity contribution is 8.14. The number of benzene rings is 1. The van der Waals surface area contributed by atoms with Crippen molar-refractivity contribution >= 4 is 22.5 Å². The third-order valence-corrected chi connectivity index (χ3v) is 3.22. The van der Waals surface area contributed by atoms with Crippen LogP contribution in [0.1, 0.15) is 12.5 Å². The van der Waals surface area contributed by atoms with E-state index in [0.717, 1.165) is 16.5 Å². The van der Waals surface area contributed by atoms with Crippen LogP contribution in [0.2, 0.25) is 0 Å². The van der Waals surface area contributed by atoms with E-state index >= 15 is 0 Å². The lowest BCUT2D eigenvalue weighted by molar-refractivity contribution is 0.865. The van der Waals surface area contributed by atoms with E-state index in [9.17, 15) is 0 Å². The fourth-order valence-electron chi connectivity index (χ4n) is 1.26. The number of hydrogen-bond acceptors (Lipinski definition) is 3. The van der Waals surface area contributed by atoms with E-state index in [1.807, 2.05) is 36.0 Å². The molecule has 0 bridgehead atoms. The highest BCUT2D eigenvalue weighted by Crippen LogP contribution is 2.23. The largest absolute Gasteiger partial charge is 0.399 e. The van der Waals surface area contributed by atoms with Gasteiger partial charge in [0.25, 0.3) is 0 Å². The van der Waals surface area contributed by atoms with Gasteiger partial charge in [-0.2, -0.15) is 0 Å². The second-order valence-electron chi connectivity index (χ2n) is 3.22. The van der Waals surface area contributed by atoms with Crippen molar-refractivity contribution in [2.75, 3.05) is 11.5 Å². The first-order chi connectivity index (χ1) is 6.25. The van der Waals surface area contributed by atoms with Gasteiger partial charge in [-0.05, 0) is 19.1 Å². The van der Waals surface area contributed by atoms with Crippen LogP contribution in [0.5, 0.6) is 0 Å². The van der Waals surface area contributed by atoms with Crippen LogP contribution in [0.4, 0.5) is 5.69 Å². The fourth-order valence-corrected chi connectivity index (χ4v) is 2.29. The van der Waals surface area contributed by atoms with Crippen LogP contribution in [-0.2, 0) is 0 Å². The molecule has 1 heterocycles. The van der Waals surface area contributed by atoms with Crippen LogP contribution in [0, 0.1) is 0 Å². The van der Waals surface area contributed by atoms with Gasteiger partial charge in [-0.1, -0.05) is 12.1 Å². The Hall–Kier alpha value is -0.960. The van der Waals surface area contributed by atoms with Crippen molar-refractivity contribution in [2.24, 2.45) is 4.99 Å². The number of nitrogens with zero attached hydrogens (tertiary/aromatic N) is 1. The Kier molecular flexibility index (Phi) is 2.27. The zero-order valence-electron chi connectivity index (χ0n) is 7.53. The highest BCUT2D eigenvalue weighted by atomic mass is 32.2. The Labute approximate surface area is 82.2 Å². The zero-order valence-corrected chi connectivity index (χ0v) is 8.34. The summed E-state index contributed by atoms with van der Waals surface area (Å²) in [5, 5.41) is 1.15. The molecule has 0 amide bonds. The Morgan fingerprint density at radius 3 is 2.62 bits per heavy atom. The molecule has 1 aromatic carbocycles. The number of hydrogen-bond donors (Lipinski definition) is 1. The van der Waals surface area contributed by atoms with E-state index in [0.29, 0.717) is 6.04 Å². The van der Waals surface area contributed by atoms with Crippen LogP contribution in [0.15, 0.2) is 29.3 Å². The van der Waals surface area contributed by atoms with Crippen LogP contribution < -0.4 is 5.73 Å². The maximum absolute atomic E-state index is 5.61. The molecule has 0 radical (unpaired) electrons. The molecule has 0 fully saturated rings. The number of thioether (sulfide) groups is 1. The summed E-state index contributed by atoms with van der Waals surface area (Å²) in [5.74, 6) is 1.10. The topological polar surface area (TPSA) is 38.4 Å². The van der Waals surface area contributed by atoms with Crippen molar-refractivity contribution in [3.8, 4) is 0 Å². The molecule has 0 saturated heterocycles. The predicted octanol–water partition coefficient (Wildman–Crippen LogP) is 2.15.